The molecule has 3 atom stereocenters. The first-order valence-electron chi connectivity index (χ1n) is 22.8. The number of pyridine rings is 1. The van der Waals surface area contributed by atoms with E-state index < -0.39 is 29.7 Å². The second kappa shape index (κ2) is 18.3. The predicted molar refractivity (Wildman–Crippen MR) is 248 cm³/mol. The zero-order chi connectivity index (χ0) is 46.6. The smallest absolute Gasteiger partial charge is 0.293 e. The molecule has 1 aliphatic carbocycles. The van der Waals surface area contributed by atoms with Gasteiger partial charge in [0.25, 0.3) is 23.3 Å². The van der Waals surface area contributed by atoms with Crippen LogP contribution >= 0.6 is 11.6 Å². The van der Waals surface area contributed by atoms with Gasteiger partial charge in [0.2, 0.25) is 17.8 Å². The first-order valence-corrected chi connectivity index (χ1v) is 23.2. The van der Waals surface area contributed by atoms with E-state index in [0.29, 0.717) is 34.1 Å². The SMILES string of the molecule is CNC(=O)COc1cc2cc(Nc3nc(N4CCC(OC5CC(N6[C@H](C)CN(c7ccc8c(c7)C(=O)N([C@@H]7CCC(=O)NC7=O)C8=O)C[C@@H]6C)C5)CC4)ncc3Cl)ccc2n(C(C)C)c1=O. The molecule has 66 heavy (non-hydrogen) atoms. The number of carbonyl (C=O) groups is 5. The van der Waals surface area contributed by atoms with Crippen molar-refractivity contribution >= 4 is 75.2 Å². The summed E-state index contributed by atoms with van der Waals surface area (Å²) in [5.41, 5.74) is 2.55. The van der Waals surface area contributed by atoms with Gasteiger partial charge in [-0.25, -0.2) is 4.98 Å². The Balaban J connectivity index is 0.767. The van der Waals surface area contributed by atoms with Crippen LogP contribution in [0.3, 0.4) is 0 Å². The zero-order valence-electron chi connectivity index (χ0n) is 37.7. The number of benzene rings is 2. The second-order valence-corrected chi connectivity index (χ2v) is 18.7. The third-order valence-corrected chi connectivity index (χ3v) is 13.8. The number of halogens is 1. The normalized spacial score (nSPS) is 23.9. The van der Waals surface area contributed by atoms with Gasteiger partial charge in [-0.15, -0.1) is 0 Å². The summed E-state index contributed by atoms with van der Waals surface area (Å²) in [6, 6.07) is 12.3. The molecule has 0 radical (unpaired) electrons. The van der Waals surface area contributed by atoms with E-state index in [1.165, 1.54) is 7.05 Å². The van der Waals surface area contributed by atoms with E-state index in [9.17, 15) is 28.8 Å². The van der Waals surface area contributed by atoms with Crippen LogP contribution in [0.4, 0.5) is 23.1 Å². The van der Waals surface area contributed by atoms with Crippen LogP contribution in [0, 0.1) is 0 Å². The average molecular weight is 923 g/mol. The lowest BCUT2D eigenvalue weighted by molar-refractivity contribution is -0.136. The van der Waals surface area contributed by atoms with Gasteiger partial charge >= 0.3 is 0 Å². The standard InChI is InChI=1S/C47H55ClN10O8/c1-25(2)56-37-9-6-29(16-28(37)17-39(46(56)64)65-24-41(60)49-5)51-42-36(48)21-50-47(53-42)54-14-12-32(13-15-54)66-33-18-31(19-33)57-26(3)22-55(23-27(57)4)30-7-8-34-35(20-30)45(63)58(44(34)62)38-10-11-40(59)52-43(38)61/h6-9,16-17,20-21,25-27,31-33,38H,10-15,18-19,22-24H2,1-5H3,(H,49,60)(H,50,51,53)(H,52,59,61)/t26-,27+,31?,33?,38-/m1/s1. The maximum Gasteiger partial charge on any atom is 0.293 e. The van der Waals surface area contributed by atoms with Crippen LogP contribution in [-0.2, 0) is 19.1 Å². The maximum atomic E-state index is 13.5. The van der Waals surface area contributed by atoms with Gasteiger partial charge in [-0.1, -0.05) is 11.6 Å². The van der Waals surface area contributed by atoms with Crippen molar-refractivity contribution in [3.8, 4) is 5.75 Å². The third-order valence-electron chi connectivity index (χ3n) is 13.5. The highest BCUT2D eigenvalue weighted by molar-refractivity contribution is 6.33. The van der Waals surface area contributed by atoms with Gasteiger partial charge in [-0.2, -0.15) is 4.98 Å². The number of rotatable bonds is 12. The van der Waals surface area contributed by atoms with Crippen molar-refractivity contribution in [3.05, 3.63) is 75.2 Å². The highest BCUT2D eigenvalue weighted by Crippen LogP contribution is 2.38. The van der Waals surface area contributed by atoms with Crippen LogP contribution in [0.1, 0.15) is 93.0 Å². The summed E-state index contributed by atoms with van der Waals surface area (Å²) in [4.78, 5) is 93.5. The number of anilines is 4. The molecular formula is C47H55ClN10O8. The number of imide groups is 2. The first kappa shape index (κ1) is 45.1. The number of hydrogen-bond donors (Lipinski definition) is 3. The number of piperazine rings is 1. The summed E-state index contributed by atoms with van der Waals surface area (Å²) in [6.45, 7) is 11.0. The number of likely N-dealkylation sites (N-methyl/N-ethyl adjacent to an activating group) is 1. The number of hydrogen-bond acceptors (Lipinski definition) is 14. The van der Waals surface area contributed by atoms with Gasteiger partial charge in [0.1, 0.15) is 11.1 Å². The highest BCUT2D eigenvalue weighted by atomic mass is 35.5. The number of fused-ring (bicyclic) bond motifs is 2. The van der Waals surface area contributed by atoms with E-state index in [0.717, 1.165) is 73.4 Å². The fourth-order valence-electron chi connectivity index (χ4n) is 10.2. The lowest BCUT2D eigenvalue weighted by atomic mass is 9.84. The number of nitrogens with zero attached hydrogens (tertiary/aromatic N) is 7. The molecule has 1 saturated carbocycles. The molecule has 9 rings (SSSR count). The van der Waals surface area contributed by atoms with Gasteiger partial charge in [-0.05, 0) is 102 Å². The molecule has 4 fully saturated rings. The fraction of sp³-hybridized carbons (Fsp3) is 0.489. The molecule has 348 valence electrons. The molecule has 4 aromatic rings. The summed E-state index contributed by atoms with van der Waals surface area (Å²) >= 11 is 6.61. The molecule has 3 N–H and O–H groups in total. The summed E-state index contributed by atoms with van der Waals surface area (Å²) in [5.74, 6) is -1.25. The van der Waals surface area contributed by atoms with E-state index in [4.69, 9.17) is 26.1 Å². The minimum Gasteiger partial charge on any atom is -0.478 e. The molecule has 5 amide bonds. The van der Waals surface area contributed by atoms with Crippen LogP contribution in [0.15, 0.2) is 53.5 Å². The van der Waals surface area contributed by atoms with Crippen molar-refractivity contribution in [3.63, 3.8) is 0 Å². The minimum atomic E-state index is -0.993. The largest absolute Gasteiger partial charge is 0.478 e. The van der Waals surface area contributed by atoms with Crippen molar-refractivity contribution < 1.29 is 33.4 Å². The van der Waals surface area contributed by atoms with Gasteiger partial charge < -0.3 is 34.5 Å². The first-order chi connectivity index (χ1) is 31.7. The number of nitrogens with one attached hydrogen (secondary N) is 3. The van der Waals surface area contributed by atoms with Crippen molar-refractivity contribution in [1.82, 2.24) is 35.0 Å². The molecule has 5 aliphatic rings. The summed E-state index contributed by atoms with van der Waals surface area (Å²) in [7, 11) is 1.51. The Morgan fingerprint density at radius 1 is 0.909 bits per heavy atom. The Kier molecular flexibility index (Phi) is 12.5. The van der Waals surface area contributed by atoms with Crippen molar-refractivity contribution in [1.29, 1.82) is 0 Å². The van der Waals surface area contributed by atoms with E-state index in [1.807, 2.05) is 38.1 Å². The number of carbonyl (C=O) groups excluding carboxylic acids is 5. The Labute approximate surface area is 386 Å². The van der Waals surface area contributed by atoms with Crippen molar-refractivity contribution in [2.45, 2.75) is 109 Å². The van der Waals surface area contributed by atoms with E-state index in [2.05, 4.69) is 49.5 Å². The monoisotopic (exact) mass is 922 g/mol. The van der Waals surface area contributed by atoms with Crippen LogP contribution < -0.4 is 36.0 Å². The molecular weight excluding hydrogens is 868 g/mol. The Hall–Kier alpha value is -6.11. The molecule has 6 heterocycles. The van der Waals surface area contributed by atoms with Crippen LogP contribution in [0.5, 0.6) is 5.75 Å². The van der Waals surface area contributed by atoms with Gasteiger partial charge in [0.05, 0.1) is 35.0 Å². The summed E-state index contributed by atoms with van der Waals surface area (Å²) < 4.78 is 13.9. The van der Waals surface area contributed by atoms with Crippen molar-refractivity contribution in [2.75, 3.05) is 55.0 Å². The number of aromatic nitrogens is 3. The lowest BCUT2D eigenvalue weighted by Crippen LogP contribution is -2.63. The van der Waals surface area contributed by atoms with E-state index in [-0.39, 0.29) is 72.6 Å². The number of amides is 5. The van der Waals surface area contributed by atoms with Gasteiger partial charge in [0.15, 0.2) is 18.2 Å². The molecule has 2 aromatic heterocycles. The molecule has 0 unspecified atom stereocenters. The van der Waals surface area contributed by atoms with Crippen LogP contribution in [0.2, 0.25) is 5.02 Å². The summed E-state index contributed by atoms with van der Waals surface area (Å²) in [5, 5.41) is 9.19. The second-order valence-electron chi connectivity index (χ2n) is 18.3. The minimum absolute atomic E-state index is 0.0795. The van der Waals surface area contributed by atoms with E-state index >= 15 is 0 Å². The average Bonchev–Trinajstić information content (AvgIpc) is 3.52. The van der Waals surface area contributed by atoms with Gasteiger partial charge in [0, 0.05) is 80.6 Å². The Morgan fingerprint density at radius 2 is 1.64 bits per heavy atom. The quantitative estimate of drug-likeness (QED) is 0.169. The van der Waals surface area contributed by atoms with Crippen molar-refractivity contribution in [2.24, 2.45) is 0 Å². The Bertz CT molecular complexity index is 2650. The predicted octanol–water partition coefficient (Wildman–Crippen LogP) is 4.41. The molecule has 0 spiro atoms. The lowest BCUT2D eigenvalue weighted by Gasteiger charge is -2.53. The van der Waals surface area contributed by atoms with E-state index in [1.54, 1.807) is 29.0 Å². The molecule has 4 aliphatic heterocycles. The van der Waals surface area contributed by atoms with Crippen LogP contribution in [-0.4, -0.2) is 130 Å². The number of ether oxygens (including phenoxy) is 2. The van der Waals surface area contributed by atoms with Gasteiger partial charge in [-0.3, -0.25) is 43.9 Å². The Morgan fingerprint density at radius 3 is 2.33 bits per heavy atom. The molecule has 0 bridgehead atoms. The highest BCUT2D eigenvalue weighted by Gasteiger charge is 2.46. The topological polar surface area (TPSA) is 201 Å². The fourth-order valence-corrected chi connectivity index (χ4v) is 10.4. The maximum absolute atomic E-state index is 13.5. The summed E-state index contributed by atoms with van der Waals surface area (Å²) in [6.07, 6.45) is 5.73. The molecule has 3 saturated heterocycles. The van der Waals surface area contributed by atoms with Crippen LogP contribution in [0.25, 0.3) is 10.9 Å². The molecule has 19 heteroatoms. The third kappa shape index (κ3) is 8.68. The zero-order valence-corrected chi connectivity index (χ0v) is 38.5. The number of piperidine rings is 2. The molecule has 18 nitrogen and oxygen atoms in total. The molecule has 2 aromatic carbocycles.